The highest BCUT2D eigenvalue weighted by Gasteiger charge is 2.29. The van der Waals surface area contributed by atoms with Gasteiger partial charge in [0.25, 0.3) is 10.0 Å². The first-order chi connectivity index (χ1) is 13.6. The third kappa shape index (κ3) is 3.39. The third-order valence-corrected chi connectivity index (χ3v) is 6.08. The van der Waals surface area contributed by atoms with Crippen LogP contribution in [0.5, 0.6) is 0 Å². The molecule has 0 saturated heterocycles. The van der Waals surface area contributed by atoms with Crippen molar-refractivity contribution < 1.29 is 13.2 Å². The van der Waals surface area contributed by atoms with Crippen LogP contribution < -0.4 is 4.31 Å². The van der Waals surface area contributed by atoms with E-state index in [1.54, 1.807) is 60.7 Å². The van der Waals surface area contributed by atoms with Gasteiger partial charge in [-0.15, -0.1) is 0 Å². The second-order valence-corrected chi connectivity index (χ2v) is 8.05. The van der Waals surface area contributed by atoms with Crippen molar-refractivity contribution in [2.75, 3.05) is 10.8 Å². The van der Waals surface area contributed by atoms with E-state index in [1.807, 2.05) is 12.1 Å². The van der Waals surface area contributed by atoms with Crippen molar-refractivity contribution in [3.63, 3.8) is 0 Å². The molecule has 0 aliphatic heterocycles. The van der Waals surface area contributed by atoms with Crippen molar-refractivity contribution in [3.8, 4) is 0 Å². The topological polar surface area (TPSA) is 83.1 Å². The molecular weight excluding hydrogens is 374 g/mol. The summed E-state index contributed by atoms with van der Waals surface area (Å²) in [6.07, 6.45) is 0. The molecule has 0 saturated carbocycles. The second kappa shape index (κ2) is 7.28. The zero-order valence-corrected chi connectivity index (χ0v) is 15.6. The number of H-pyrrole nitrogens is 1. The van der Waals surface area contributed by atoms with Crippen molar-refractivity contribution in [2.24, 2.45) is 0 Å². The van der Waals surface area contributed by atoms with Gasteiger partial charge in [0, 0.05) is 5.56 Å². The molecule has 0 amide bonds. The molecule has 0 bridgehead atoms. The molecule has 1 heterocycles. The molecule has 7 heteroatoms. The summed E-state index contributed by atoms with van der Waals surface area (Å²) < 4.78 is 27.6. The molecule has 0 unspecified atom stereocenters. The Balaban J connectivity index is 1.80. The maximum absolute atomic E-state index is 13.3. The number of fused-ring (bicyclic) bond motifs is 1. The number of Topliss-reactive ketones (excluding diaryl/α,β-unsaturated/α-hetero) is 1. The molecule has 1 aromatic heterocycles. The van der Waals surface area contributed by atoms with E-state index in [4.69, 9.17) is 0 Å². The minimum atomic E-state index is -3.99. The largest absolute Gasteiger partial charge is 0.323 e. The summed E-state index contributed by atoms with van der Waals surface area (Å²) in [5.74, 6) is -0.213. The number of aromatic nitrogens is 2. The molecule has 1 N–H and O–H groups in total. The Morgan fingerprint density at radius 2 is 1.46 bits per heavy atom. The van der Waals surface area contributed by atoms with E-state index in [2.05, 4.69) is 9.97 Å². The molecule has 6 nitrogen and oxygen atoms in total. The van der Waals surface area contributed by atoms with Gasteiger partial charge in [-0.25, -0.2) is 17.7 Å². The maximum Gasteiger partial charge on any atom is 0.267 e. The van der Waals surface area contributed by atoms with Crippen molar-refractivity contribution in [1.29, 1.82) is 0 Å². The average molecular weight is 391 g/mol. The lowest BCUT2D eigenvalue weighted by atomic mass is 10.1. The molecule has 0 spiro atoms. The number of carbonyl (C=O) groups is 1. The number of rotatable bonds is 6. The van der Waals surface area contributed by atoms with Crippen molar-refractivity contribution >= 4 is 32.8 Å². The van der Waals surface area contributed by atoms with Crippen LogP contribution >= 0.6 is 0 Å². The molecule has 0 radical (unpaired) electrons. The first-order valence-electron chi connectivity index (χ1n) is 8.66. The van der Waals surface area contributed by atoms with E-state index in [0.29, 0.717) is 16.6 Å². The van der Waals surface area contributed by atoms with Gasteiger partial charge in [0.15, 0.2) is 5.78 Å². The Kier molecular flexibility index (Phi) is 4.67. The first-order valence-corrected chi connectivity index (χ1v) is 10.1. The van der Waals surface area contributed by atoms with Gasteiger partial charge in [0.05, 0.1) is 15.9 Å². The standard InChI is InChI=1S/C21H17N3O3S/c25-20(16-9-3-1-4-10-16)15-24(28(26,27)17-11-5-2-6-12-17)21-22-18-13-7-8-14-19(18)23-21/h1-14H,15H2,(H,22,23). The number of hydrogen-bond donors (Lipinski definition) is 1. The number of sulfonamides is 1. The predicted octanol–water partition coefficient (Wildman–Crippen LogP) is 3.64. The van der Waals surface area contributed by atoms with Crippen LogP contribution in [0.15, 0.2) is 89.8 Å². The molecular formula is C21H17N3O3S. The monoisotopic (exact) mass is 391 g/mol. The summed E-state index contributed by atoms with van der Waals surface area (Å²) in [5.41, 5.74) is 1.75. The van der Waals surface area contributed by atoms with Crippen LogP contribution in [0.3, 0.4) is 0 Å². The predicted molar refractivity (Wildman–Crippen MR) is 108 cm³/mol. The zero-order valence-electron chi connectivity index (χ0n) is 14.8. The lowest BCUT2D eigenvalue weighted by molar-refractivity contribution is 0.100. The third-order valence-electron chi connectivity index (χ3n) is 4.33. The van der Waals surface area contributed by atoms with Gasteiger partial charge < -0.3 is 4.98 Å². The Bertz CT molecular complexity index is 1190. The Hall–Kier alpha value is -3.45. The number of aromatic amines is 1. The second-order valence-electron chi connectivity index (χ2n) is 6.19. The average Bonchev–Trinajstić information content (AvgIpc) is 3.16. The molecule has 3 aromatic carbocycles. The minimum absolute atomic E-state index is 0.0938. The number of carbonyl (C=O) groups excluding carboxylic acids is 1. The fourth-order valence-corrected chi connectivity index (χ4v) is 4.25. The van der Waals surface area contributed by atoms with Crippen LogP contribution in [0.25, 0.3) is 11.0 Å². The van der Waals surface area contributed by atoms with Gasteiger partial charge in [-0.2, -0.15) is 0 Å². The number of hydrogen-bond acceptors (Lipinski definition) is 4. The number of imidazole rings is 1. The van der Waals surface area contributed by atoms with Crippen LogP contribution in [-0.2, 0) is 10.0 Å². The van der Waals surface area contributed by atoms with Gasteiger partial charge in [0.1, 0.15) is 6.54 Å². The van der Waals surface area contributed by atoms with Crippen LogP contribution in [0, 0.1) is 0 Å². The number of nitrogens with one attached hydrogen (secondary N) is 1. The zero-order chi connectivity index (χ0) is 19.6. The van der Waals surface area contributed by atoms with Crippen LogP contribution in [0.1, 0.15) is 10.4 Å². The summed E-state index contributed by atoms with van der Waals surface area (Å²) in [6.45, 7) is -0.360. The molecule has 28 heavy (non-hydrogen) atoms. The van der Waals surface area contributed by atoms with E-state index in [1.165, 1.54) is 12.1 Å². The smallest absolute Gasteiger partial charge is 0.267 e. The van der Waals surface area contributed by atoms with Gasteiger partial charge in [-0.3, -0.25) is 4.79 Å². The SMILES string of the molecule is O=C(CN(c1nc2ccccc2[nH]1)S(=O)(=O)c1ccccc1)c1ccccc1. The van der Waals surface area contributed by atoms with Gasteiger partial charge in [0.2, 0.25) is 5.95 Å². The molecule has 0 aliphatic rings. The summed E-state index contributed by atoms with van der Waals surface area (Å²) in [5, 5.41) is 0. The van der Waals surface area contributed by atoms with Gasteiger partial charge in [-0.1, -0.05) is 60.7 Å². The fourth-order valence-electron chi connectivity index (χ4n) is 2.90. The van der Waals surface area contributed by atoms with E-state index >= 15 is 0 Å². The van der Waals surface area contributed by atoms with Crippen LogP contribution in [0.4, 0.5) is 5.95 Å². The highest BCUT2D eigenvalue weighted by Crippen LogP contribution is 2.24. The van der Waals surface area contributed by atoms with E-state index < -0.39 is 10.0 Å². The van der Waals surface area contributed by atoms with Crippen LogP contribution in [0.2, 0.25) is 0 Å². The molecule has 0 aliphatic carbocycles. The highest BCUT2D eigenvalue weighted by molar-refractivity contribution is 7.92. The molecule has 0 atom stereocenters. The Morgan fingerprint density at radius 1 is 0.857 bits per heavy atom. The van der Waals surface area contributed by atoms with E-state index in [-0.39, 0.29) is 23.2 Å². The van der Waals surface area contributed by atoms with Gasteiger partial charge in [-0.05, 0) is 24.3 Å². The van der Waals surface area contributed by atoms with Crippen molar-refractivity contribution in [1.82, 2.24) is 9.97 Å². The molecule has 4 rings (SSSR count). The highest BCUT2D eigenvalue weighted by atomic mass is 32.2. The van der Waals surface area contributed by atoms with Crippen molar-refractivity contribution in [2.45, 2.75) is 4.90 Å². The number of ketones is 1. The summed E-state index contributed by atoms with van der Waals surface area (Å²) in [7, 11) is -3.99. The maximum atomic E-state index is 13.3. The number of nitrogens with zero attached hydrogens (tertiary/aromatic N) is 2. The lowest BCUT2D eigenvalue weighted by Crippen LogP contribution is -2.36. The molecule has 140 valence electrons. The molecule has 4 aromatic rings. The van der Waals surface area contributed by atoms with Gasteiger partial charge >= 0.3 is 0 Å². The molecule has 0 fully saturated rings. The number of benzene rings is 3. The number of para-hydroxylation sites is 2. The summed E-state index contributed by atoms with van der Waals surface area (Å²) >= 11 is 0. The van der Waals surface area contributed by atoms with Crippen molar-refractivity contribution in [3.05, 3.63) is 90.5 Å². The number of anilines is 1. The Morgan fingerprint density at radius 3 is 2.14 bits per heavy atom. The lowest BCUT2D eigenvalue weighted by Gasteiger charge is -2.21. The van der Waals surface area contributed by atoms with Crippen LogP contribution in [-0.4, -0.2) is 30.7 Å². The quantitative estimate of drug-likeness (QED) is 0.509. The normalized spacial score (nSPS) is 11.4. The minimum Gasteiger partial charge on any atom is -0.323 e. The van der Waals surface area contributed by atoms with E-state index in [0.717, 1.165) is 4.31 Å². The van der Waals surface area contributed by atoms with E-state index in [9.17, 15) is 13.2 Å². The summed E-state index contributed by atoms with van der Waals surface area (Å²) in [6, 6.07) is 23.8. The first kappa shape index (κ1) is 17.9. The summed E-state index contributed by atoms with van der Waals surface area (Å²) in [4.78, 5) is 20.3. The Labute approximate surface area is 162 Å². The fraction of sp³-hybridized carbons (Fsp3) is 0.0476.